The molecule has 0 atom stereocenters. The number of benzene rings is 2. The van der Waals surface area contributed by atoms with E-state index < -0.39 is 5.97 Å². The molecule has 0 saturated heterocycles. The number of rotatable bonds is 5. The van der Waals surface area contributed by atoms with Crippen molar-refractivity contribution in [3.63, 3.8) is 0 Å². The smallest absolute Gasteiger partial charge is 0.348 e. The van der Waals surface area contributed by atoms with E-state index in [0.717, 1.165) is 35.7 Å². The molecule has 0 N–H and O–H groups in total. The molecule has 1 heterocycles. The third kappa shape index (κ3) is 3.47. The number of thiophene rings is 1. The Balaban J connectivity index is 1.48. The normalized spacial score (nSPS) is 12.8. The fraction of sp³-hybridized carbons (Fsp3) is 0.273. The van der Waals surface area contributed by atoms with Gasteiger partial charge in [-0.15, -0.1) is 11.3 Å². The van der Waals surface area contributed by atoms with Crippen LogP contribution in [0.3, 0.4) is 0 Å². The largest absolute Gasteiger partial charge is 0.451 e. The van der Waals surface area contributed by atoms with E-state index in [4.69, 9.17) is 4.74 Å². The van der Waals surface area contributed by atoms with Crippen molar-refractivity contribution in [2.24, 2.45) is 0 Å². The molecule has 1 amide bonds. The fourth-order valence-corrected chi connectivity index (χ4v) is 4.78. The van der Waals surface area contributed by atoms with Crippen LogP contribution < -0.4 is 4.90 Å². The van der Waals surface area contributed by atoms with Crippen LogP contribution in [-0.2, 0) is 22.4 Å². The van der Waals surface area contributed by atoms with Crippen LogP contribution in [0.2, 0.25) is 0 Å². The maximum absolute atomic E-state index is 12.7. The summed E-state index contributed by atoms with van der Waals surface area (Å²) in [5.41, 5.74) is 2.09. The van der Waals surface area contributed by atoms with Gasteiger partial charge in [-0.05, 0) is 49.3 Å². The Morgan fingerprint density at radius 3 is 2.74 bits per heavy atom. The molecule has 0 aliphatic heterocycles. The van der Waals surface area contributed by atoms with Gasteiger partial charge < -0.3 is 9.64 Å². The first-order valence-electron chi connectivity index (χ1n) is 9.24. The standard InChI is InChI=1S/C22H21NO3S/c1-2-23(18-11-5-8-15-7-3-4-10-17(15)18)21(24)14-26-22(25)20-13-16-9-6-12-19(16)27-20/h3-5,7-8,10-11,13H,2,6,9,12,14H2,1H3. The minimum absolute atomic E-state index is 0.216. The molecule has 5 heteroatoms. The Labute approximate surface area is 162 Å². The molecule has 2 aromatic carbocycles. The fourth-order valence-electron chi connectivity index (χ4n) is 3.63. The maximum Gasteiger partial charge on any atom is 0.348 e. The second kappa shape index (κ2) is 7.53. The van der Waals surface area contributed by atoms with Gasteiger partial charge in [-0.25, -0.2) is 4.79 Å². The molecule has 1 aliphatic carbocycles. The lowest BCUT2D eigenvalue weighted by atomic mass is 10.1. The van der Waals surface area contributed by atoms with Crippen molar-refractivity contribution in [1.29, 1.82) is 0 Å². The highest BCUT2D eigenvalue weighted by Gasteiger charge is 2.22. The number of likely N-dealkylation sites (N-methyl/N-ethyl adjacent to an activating group) is 1. The van der Waals surface area contributed by atoms with Gasteiger partial charge in [0.1, 0.15) is 4.88 Å². The number of hydrogen-bond acceptors (Lipinski definition) is 4. The molecule has 0 radical (unpaired) electrons. The molecule has 4 nitrogen and oxygen atoms in total. The molecule has 3 aromatic rings. The summed E-state index contributed by atoms with van der Waals surface area (Å²) in [6.45, 7) is 2.18. The lowest BCUT2D eigenvalue weighted by Gasteiger charge is -2.22. The van der Waals surface area contributed by atoms with Crippen molar-refractivity contribution in [2.45, 2.75) is 26.2 Å². The highest BCUT2D eigenvalue weighted by molar-refractivity contribution is 7.14. The summed E-state index contributed by atoms with van der Waals surface area (Å²) in [6, 6.07) is 15.8. The van der Waals surface area contributed by atoms with Crippen molar-refractivity contribution in [3.8, 4) is 0 Å². The van der Waals surface area contributed by atoms with E-state index in [9.17, 15) is 9.59 Å². The molecule has 1 aromatic heterocycles. The number of amides is 1. The predicted molar refractivity (Wildman–Crippen MR) is 109 cm³/mol. The van der Waals surface area contributed by atoms with Gasteiger partial charge in [0.2, 0.25) is 0 Å². The van der Waals surface area contributed by atoms with Gasteiger partial charge in [0.05, 0.1) is 5.69 Å². The third-order valence-corrected chi connectivity index (χ3v) is 6.17. The van der Waals surface area contributed by atoms with Gasteiger partial charge in [0.15, 0.2) is 6.61 Å². The number of aryl methyl sites for hydroxylation is 2. The highest BCUT2D eigenvalue weighted by Crippen LogP contribution is 2.31. The quantitative estimate of drug-likeness (QED) is 0.609. The summed E-state index contributed by atoms with van der Waals surface area (Å²) in [6.07, 6.45) is 3.23. The summed E-state index contributed by atoms with van der Waals surface area (Å²) < 4.78 is 5.32. The van der Waals surface area contributed by atoms with Crippen molar-refractivity contribution in [3.05, 3.63) is 63.8 Å². The number of hydrogen-bond donors (Lipinski definition) is 0. The van der Waals surface area contributed by atoms with Crippen LogP contribution in [-0.4, -0.2) is 25.0 Å². The first-order valence-corrected chi connectivity index (χ1v) is 10.1. The molecular formula is C22H21NO3S. The Morgan fingerprint density at radius 1 is 1.11 bits per heavy atom. The molecule has 0 unspecified atom stereocenters. The van der Waals surface area contributed by atoms with Crippen LogP contribution in [0.5, 0.6) is 0 Å². The lowest BCUT2D eigenvalue weighted by molar-refractivity contribution is -0.121. The van der Waals surface area contributed by atoms with Crippen molar-refractivity contribution >= 4 is 39.7 Å². The summed E-state index contributed by atoms with van der Waals surface area (Å²) in [4.78, 5) is 28.6. The SMILES string of the molecule is CCN(C(=O)COC(=O)c1cc2c(s1)CCC2)c1cccc2ccccc12. The van der Waals surface area contributed by atoms with E-state index in [-0.39, 0.29) is 12.5 Å². The van der Waals surface area contributed by atoms with Gasteiger partial charge in [-0.3, -0.25) is 4.79 Å². The number of ether oxygens (including phenoxy) is 1. The molecule has 0 spiro atoms. The van der Waals surface area contributed by atoms with Crippen molar-refractivity contribution < 1.29 is 14.3 Å². The molecule has 0 fully saturated rings. The first-order chi connectivity index (χ1) is 13.2. The molecule has 0 bridgehead atoms. The van der Waals surface area contributed by atoms with Crippen LogP contribution >= 0.6 is 11.3 Å². The summed E-state index contributed by atoms with van der Waals surface area (Å²) >= 11 is 1.49. The minimum atomic E-state index is -0.406. The zero-order valence-electron chi connectivity index (χ0n) is 15.2. The Kier molecular flexibility index (Phi) is 4.94. The third-order valence-electron chi connectivity index (χ3n) is 4.95. The van der Waals surface area contributed by atoms with Gasteiger partial charge in [-0.2, -0.15) is 0 Å². The second-order valence-corrected chi connectivity index (χ2v) is 7.76. The first kappa shape index (κ1) is 17.7. The summed E-state index contributed by atoms with van der Waals surface area (Å²) in [5, 5.41) is 2.09. The molecule has 27 heavy (non-hydrogen) atoms. The van der Waals surface area contributed by atoms with Crippen LogP contribution in [0, 0.1) is 0 Å². The summed E-state index contributed by atoms with van der Waals surface area (Å²) in [7, 11) is 0. The molecule has 1 aliphatic rings. The average molecular weight is 379 g/mol. The van der Waals surface area contributed by atoms with Crippen molar-refractivity contribution in [2.75, 3.05) is 18.1 Å². The van der Waals surface area contributed by atoms with E-state index in [2.05, 4.69) is 0 Å². The summed E-state index contributed by atoms with van der Waals surface area (Å²) in [5.74, 6) is -0.622. The maximum atomic E-state index is 12.7. The Hall–Kier alpha value is -2.66. The molecule has 0 saturated carbocycles. The van der Waals surface area contributed by atoms with Gasteiger partial charge in [-0.1, -0.05) is 36.4 Å². The number of fused-ring (bicyclic) bond motifs is 2. The number of anilines is 1. The van der Waals surface area contributed by atoms with E-state index in [1.54, 1.807) is 4.90 Å². The van der Waals surface area contributed by atoms with Crippen LogP contribution in [0.4, 0.5) is 5.69 Å². The van der Waals surface area contributed by atoms with E-state index in [1.165, 1.54) is 21.8 Å². The second-order valence-electron chi connectivity index (χ2n) is 6.63. The van der Waals surface area contributed by atoms with Gasteiger partial charge >= 0.3 is 5.97 Å². The van der Waals surface area contributed by atoms with Crippen LogP contribution in [0.15, 0.2) is 48.5 Å². The zero-order chi connectivity index (χ0) is 18.8. The number of nitrogens with zero attached hydrogens (tertiary/aromatic N) is 1. The average Bonchev–Trinajstić information content (AvgIpc) is 3.29. The van der Waals surface area contributed by atoms with E-state index >= 15 is 0 Å². The van der Waals surface area contributed by atoms with Gasteiger partial charge in [0, 0.05) is 16.8 Å². The predicted octanol–water partition coefficient (Wildman–Crippen LogP) is 4.60. The molecule has 138 valence electrons. The monoisotopic (exact) mass is 379 g/mol. The van der Waals surface area contributed by atoms with Gasteiger partial charge in [0.25, 0.3) is 5.91 Å². The van der Waals surface area contributed by atoms with E-state index in [1.807, 2.05) is 55.5 Å². The lowest BCUT2D eigenvalue weighted by Crippen LogP contribution is -2.34. The van der Waals surface area contributed by atoms with E-state index in [0.29, 0.717) is 11.4 Å². The van der Waals surface area contributed by atoms with Crippen LogP contribution in [0.25, 0.3) is 10.8 Å². The number of esters is 1. The van der Waals surface area contributed by atoms with Crippen LogP contribution in [0.1, 0.15) is 33.5 Å². The Bertz CT molecular complexity index is 981. The number of carbonyl (C=O) groups is 2. The molecular weight excluding hydrogens is 358 g/mol. The molecule has 4 rings (SSSR count). The topological polar surface area (TPSA) is 46.6 Å². The minimum Gasteiger partial charge on any atom is -0.451 e. The van der Waals surface area contributed by atoms with Crippen molar-refractivity contribution in [1.82, 2.24) is 0 Å². The zero-order valence-corrected chi connectivity index (χ0v) is 16.1. The Morgan fingerprint density at radius 2 is 1.93 bits per heavy atom. The number of carbonyl (C=O) groups excluding carboxylic acids is 2. The highest BCUT2D eigenvalue weighted by atomic mass is 32.1.